The highest BCUT2D eigenvalue weighted by molar-refractivity contribution is 9.10. The summed E-state index contributed by atoms with van der Waals surface area (Å²) in [6.45, 7) is 0.767. The number of rotatable bonds is 4. The molecule has 1 unspecified atom stereocenters. The van der Waals surface area contributed by atoms with Crippen LogP contribution in [0.25, 0.3) is 0 Å². The Hall–Kier alpha value is -0.570. The topological polar surface area (TPSA) is 82.8 Å². The van der Waals surface area contributed by atoms with E-state index < -0.39 is 15.0 Å². The Bertz CT molecular complexity index is 590. The molecule has 0 bridgehead atoms. The van der Waals surface area contributed by atoms with Crippen LogP contribution in [0.5, 0.6) is 0 Å². The quantitative estimate of drug-likeness (QED) is 0.583. The van der Waals surface area contributed by atoms with E-state index in [0.717, 1.165) is 25.3 Å². The molecule has 9 heteroatoms. The molecular formula is C11H12BrClO6S. The second-order valence-electron chi connectivity index (χ2n) is 4.27. The largest absolute Gasteiger partial charge is 0.457 e. The summed E-state index contributed by atoms with van der Waals surface area (Å²) >= 11 is 2.89. The first-order chi connectivity index (χ1) is 9.38. The Morgan fingerprint density at radius 2 is 2.25 bits per heavy atom. The van der Waals surface area contributed by atoms with Crippen LogP contribution in [0.2, 0.25) is 0 Å². The van der Waals surface area contributed by atoms with Gasteiger partial charge in [0.15, 0.2) is 4.67 Å². The van der Waals surface area contributed by atoms with Crippen molar-refractivity contribution >= 4 is 41.6 Å². The molecule has 0 amide bonds. The lowest BCUT2D eigenvalue weighted by atomic mass is 10.1. The van der Waals surface area contributed by atoms with Crippen molar-refractivity contribution in [1.29, 1.82) is 0 Å². The number of furan rings is 1. The highest BCUT2D eigenvalue weighted by Crippen LogP contribution is 2.29. The number of ether oxygens (including phenoxy) is 2. The first kappa shape index (κ1) is 15.8. The van der Waals surface area contributed by atoms with Gasteiger partial charge in [-0.25, -0.2) is 13.2 Å². The Morgan fingerprint density at radius 3 is 2.80 bits per heavy atom. The summed E-state index contributed by atoms with van der Waals surface area (Å²) in [5.41, 5.74) is 0. The van der Waals surface area contributed by atoms with Gasteiger partial charge in [-0.2, -0.15) is 0 Å². The third-order valence-electron chi connectivity index (χ3n) is 2.79. The Kier molecular flexibility index (Phi) is 5.11. The summed E-state index contributed by atoms with van der Waals surface area (Å²) in [4.78, 5) is 11.4. The van der Waals surface area contributed by atoms with Gasteiger partial charge in [0.1, 0.15) is 11.5 Å². The molecule has 0 aromatic carbocycles. The summed E-state index contributed by atoms with van der Waals surface area (Å²) in [7, 11) is 1.21. The van der Waals surface area contributed by atoms with Gasteiger partial charge in [0.2, 0.25) is 5.76 Å². The SMILES string of the molecule is O=C(OCC1CCCCO1)c1cc(S(=O)(=O)Cl)c(Br)o1. The molecule has 1 fully saturated rings. The van der Waals surface area contributed by atoms with Gasteiger partial charge in [-0.1, -0.05) is 0 Å². The first-order valence-electron chi connectivity index (χ1n) is 5.90. The van der Waals surface area contributed by atoms with Crippen LogP contribution in [0.1, 0.15) is 29.8 Å². The molecule has 0 spiro atoms. The van der Waals surface area contributed by atoms with E-state index >= 15 is 0 Å². The maximum atomic E-state index is 11.7. The van der Waals surface area contributed by atoms with Gasteiger partial charge in [0, 0.05) is 23.4 Å². The monoisotopic (exact) mass is 386 g/mol. The normalized spacial score (nSPS) is 19.8. The van der Waals surface area contributed by atoms with Crippen molar-refractivity contribution in [2.24, 2.45) is 0 Å². The fourth-order valence-electron chi connectivity index (χ4n) is 1.80. The Labute approximate surface area is 128 Å². The molecule has 1 aromatic heterocycles. The van der Waals surface area contributed by atoms with Gasteiger partial charge >= 0.3 is 5.97 Å². The second-order valence-corrected chi connectivity index (χ2v) is 7.53. The molecule has 1 saturated heterocycles. The second kappa shape index (κ2) is 6.46. The highest BCUT2D eigenvalue weighted by Gasteiger charge is 2.25. The molecule has 0 aliphatic carbocycles. The van der Waals surface area contributed by atoms with Crippen molar-refractivity contribution in [1.82, 2.24) is 0 Å². The minimum Gasteiger partial charge on any atom is -0.457 e. The van der Waals surface area contributed by atoms with Gasteiger partial charge in [0.05, 0.1) is 6.10 Å². The minimum absolute atomic E-state index is 0.111. The van der Waals surface area contributed by atoms with Crippen molar-refractivity contribution in [2.45, 2.75) is 30.3 Å². The van der Waals surface area contributed by atoms with Crippen LogP contribution in [0.4, 0.5) is 0 Å². The molecule has 6 nitrogen and oxygen atoms in total. The van der Waals surface area contributed by atoms with Crippen LogP contribution in [0.15, 0.2) is 20.0 Å². The fourth-order valence-corrected chi connectivity index (χ4v) is 3.83. The van der Waals surface area contributed by atoms with Crippen LogP contribution in [0, 0.1) is 0 Å². The highest BCUT2D eigenvalue weighted by atomic mass is 79.9. The summed E-state index contributed by atoms with van der Waals surface area (Å²) in [5, 5.41) is 0. The molecule has 112 valence electrons. The van der Waals surface area contributed by atoms with Crippen LogP contribution >= 0.6 is 26.6 Å². The average molecular weight is 388 g/mol. The summed E-state index contributed by atoms with van der Waals surface area (Å²) in [6, 6.07) is 1.02. The third-order valence-corrected chi connectivity index (χ3v) is 4.97. The summed E-state index contributed by atoms with van der Waals surface area (Å²) < 4.78 is 37.7. The maximum Gasteiger partial charge on any atom is 0.374 e. The van der Waals surface area contributed by atoms with E-state index in [2.05, 4.69) is 15.9 Å². The van der Waals surface area contributed by atoms with E-state index in [4.69, 9.17) is 24.6 Å². The predicted octanol–water partition coefficient (Wildman–Crippen LogP) is 2.70. The molecule has 2 heterocycles. The lowest BCUT2D eigenvalue weighted by molar-refractivity contribution is -0.0311. The average Bonchev–Trinajstić information content (AvgIpc) is 2.79. The first-order valence-corrected chi connectivity index (χ1v) is 9.01. The zero-order chi connectivity index (χ0) is 14.8. The van der Waals surface area contributed by atoms with Crippen LogP contribution < -0.4 is 0 Å². The molecular weight excluding hydrogens is 376 g/mol. The zero-order valence-electron chi connectivity index (χ0n) is 10.3. The Balaban J connectivity index is 1.99. The van der Waals surface area contributed by atoms with Crippen molar-refractivity contribution in [2.75, 3.05) is 13.2 Å². The number of halogens is 2. The number of hydrogen-bond acceptors (Lipinski definition) is 6. The van der Waals surface area contributed by atoms with Gasteiger partial charge in [-0.05, 0) is 35.2 Å². The van der Waals surface area contributed by atoms with E-state index in [9.17, 15) is 13.2 Å². The number of esters is 1. The van der Waals surface area contributed by atoms with E-state index in [1.807, 2.05) is 0 Å². The van der Waals surface area contributed by atoms with Crippen molar-refractivity contribution in [3.05, 3.63) is 16.5 Å². The van der Waals surface area contributed by atoms with Crippen molar-refractivity contribution < 1.29 is 27.1 Å². The predicted molar refractivity (Wildman–Crippen MR) is 73.3 cm³/mol. The molecule has 1 aromatic rings. The van der Waals surface area contributed by atoms with Crippen molar-refractivity contribution in [3.8, 4) is 0 Å². The molecule has 20 heavy (non-hydrogen) atoms. The van der Waals surface area contributed by atoms with Gasteiger partial charge < -0.3 is 13.9 Å². The van der Waals surface area contributed by atoms with Gasteiger partial charge in [-0.3, -0.25) is 0 Å². The third kappa shape index (κ3) is 3.97. The van der Waals surface area contributed by atoms with E-state index in [0.29, 0.717) is 6.61 Å². The van der Waals surface area contributed by atoms with Crippen LogP contribution in [-0.2, 0) is 18.5 Å². The zero-order valence-corrected chi connectivity index (χ0v) is 13.5. The maximum absolute atomic E-state index is 11.7. The van der Waals surface area contributed by atoms with Crippen molar-refractivity contribution in [3.63, 3.8) is 0 Å². The van der Waals surface area contributed by atoms with E-state index in [1.54, 1.807) is 0 Å². The van der Waals surface area contributed by atoms with Crippen LogP contribution in [-0.4, -0.2) is 33.7 Å². The molecule has 0 N–H and O–H groups in total. The number of carbonyl (C=O) groups is 1. The molecule has 1 aliphatic rings. The van der Waals surface area contributed by atoms with Gasteiger partial charge in [0.25, 0.3) is 9.05 Å². The molecule has 0 saturated carbocycles. The molecule has 2 rings (SSSR count). The number of carbonyl (C=O) groups excluding carboxylic acids is 1. The van der Waals surface area contributed by atoms with Crippen LogP contribution in [0.3, 0.4) is 0 Å². The molecule has 0 radical (unpaired) electrons. The summed E-state index contributed by atoms with van der Waals surface area (Å²) in [5.74, 6) is -0.988. The molecule has 1 atom stereocenters. The van der Waals surface area contributed by atoms with E-state index in [-0.39, 0.29) is 28.0 Å². The standard InChI is InChI=1S/C11H12BrClO6S/c12-10-9(20(13,15)16)5-8(19-10)11(14)18-6-7-3-1-2-4-17-7/h5,7H,1-4,6H2. The fraction of sp³-hybridized carbons (Fsp3) is 0.545. The Morgan fingerprint density at radius 1 is 1.50 bits per heavy atom. The smallest absolute Gasteiger partial charge is 0.374 e. The lowest BCUT2D eigenvalue weighted by Crippen LogP contribution is -2.25. The summed E-state index contributed by atoms with van der Waals surface area (Å²) in [6.07, 6.45) is 2.74. The number of hydrogen-bond donors (Lipinski definition) is 0. The lowest BCUT2D eigenvalue weighted by Gasteiger charge is -2.21. The minimum atomic E-state index is -3.98. The van der Waals surface area contributed by atoms with E-state index in [1.165, 1.54) is 0 Å². The molecule has 1 aliphatic heterocycles. The van der Waals surface area contributed by atoms with Gasteiger partial charge in [-0.15, -0.1) is 0 Å².